The second kappa shape index (κ2) is 9.24. The van der Waals surface area contributed by atoms with Crippen molar-refractivity contribution in [1.29, 1.82) is 0 Å². The minimum absolute atomic E-state index is 0. The number of hydrogen-bond donors (Lipinski definition) is 2. The molecule has 0 saturated carbocycles. The third-order valence-corrected chi connectivity index (χ3v) is 5.58. The minimum Gasteiger partial charge on any atom is -0.383 e. The lowest BCUT2D eigenvalue weighted by molar-refractivity contribution is 0.148. The molecule has 9 heteroatoms. The lowest BCUT2D eigenvalue weighted by atomic mass is 10.2. The van der Waals surface area contributed by atoms with Crippen LogP contribution in [0, 0.1) is 0 Å². The summed E-state index contributed by atoms with van der Waals surface area (Å²) in [6, 6.07) is -0.0170. The molecule has 2 aliphatic rings. The summed E-state index contributed by atoms with van der Waals surface area (Å²) in [7, 11) is -1.76. The molecule has 2 aliphatic heterocycles. The number of rotatable bonds is 7. The van der Waals surface area contributed by atoms with Crippen molar-refractivity contribution in [2.24, 2.45) is 0 Å². The molecule has 0 aromatic heterocycles. The first-order valence-corrected chi connectivity index (χ1v) is 8.76. The molecule has 0 spiro atoms. The maximum atomic E-state index is 12.3. The average Bonchev–Trinajstić information content (AvgIpc) is 2.89. The zero-order valence-corrected chi connectivity index (χ0v) is 14.2. The molecule has 2 fully saturated rings. The van der Waals surface area contributed by atoms with E-state index in [2.05, 4.69) is 14.9 Å². The van der Waals surface area contributed by atoms with Crippen molar-refractivity contribution in [3.8, 4) is 0 Å². The van der Waals surface area contributed by atoms with Gasteiger partial charge in [-0.3, -0.25) is 4.90 Å². The Balaban J connectivity index is 0.00000220. The molecule has 2 N–H and O–H groups in total. The number of nitrogens with zero attached hydrogens (tertiary/aromatic N) is 2. The van der Waals surface area contributed by atoms with Gasteiger partial charge in [0.05, 0.1) is 6.61 Å². The average molecular weight is 343 g/mol. The van der Waals surface area contributed by atoms with Crippen LogP contribution in [-0.2, 0) is 14.9 Å². The fraction of sp³-hybridized carbons (Fsp3) is 1.00. The Morgan fingerprint density at radius 1 is 1.29 bits per heavy atom. The van der Waals surface area contributed by atoms with Crippen LogP contribution in [-0.4, -0.2) is 83.2 Å². The third-order valence-electron chi connectivity index (χ3n) is 3.91. The van der Waals surface area contributed by atoms with Gasteiger partial charge in [-0.15, -0.1) is 12.4 Å². The van der Waals surface area contributed by atoms with E-state index in [1.807, 2.05) is 0 Å². The van der Waals surface area contributed by atoms with E-state index in [-0.39, 0.29) is 18.4 Å². The van der Waals surface area contributed by atoms with Gasteiger partial charge in [-0.1, -0.05) is 0 Å². The van der Waals surface area contributed by atoms with Crippen LogP contribution in [0.3, 0.4) is 0 Å². The van der Waals surface area contributed by atoms with Crippen molar-refractivity contribution in [3.05, 3.63) is 0 Å². The molecular formula is C12H27ClN4O3S. The monoisotopic (exact) mass is 342 g/mol. The lowest BCUT2D eigenvalue weighted by Crippen LogP contribution is -2.49. The highest BCUT2D eigenvalue weighted by Crippen LogP contribution is 2.20. The molecule has 0 bridgehead atoms. The van der Waals surface area contributed by atoms with Crippen LogP contribution in [0.4, 0.5) is 0 Å². The second-order valence-electron chi connectivity index (χ2n) is 5.35. The standard InChI is InChI=1S/C12H26N4O3S.ClH/c1-19-11-12-3-2-7-16(12)20(17,18)14-6-10-15-8-4-13-5-9-15;/h12-14H,2-11H2,1H3;1H. The summed E-state index contributed by atoms with van der Waals surface area (Å²) >= 11 is 0. The van der Waals surface area contributed by atoms with Gasteiger partial charge in [0.25, 0.3) is 10.2 Å². The summed E-state index contributed by atoms with van der Waals surface area (Å²) in [5, 5.41) is 3.28. The predicted octanol–water partition coefficient (Wildman–Crippen LogP) is -0.741. The third kappa shape index (κ3) is 5.63. The largest absolute Gasteiger partial charge is 0.383 e. The Bertz CT molecular complexity index is 390. The molecule has 0 aromatic rings. The van der Waals surface area contributed by atoms with E-state index in [0.717, 1.165) is 45.6 Å². The van der Waals surface area contributed by atoms with Crippen molar-refractivity contribution in [2.45, 2.75) is 18.9 Å². The van der Waals surface area contributed by atoms with Gasteiger partial charge in [0, 0.05) is 59.0 Å². The van der Waals surface area contributed by atoms with Crippen molar-refractivity contribution in [3.63, 3.8) is 0 Å². The van der Waals surface area contributed by atoms with Crippen LogP contribution >= 0.6 is 12.4 Å². The van der Waals surface area contributed by atoms with Gasteiger partial charge < -0.3 is 10.1 Å². The fourth-order valence-corrected chi connectivity index (χ4v) is 4.28. The molecule has 0 aromatic carbocycles. The van der Waals surface area contributed by atoms with Gasteiger partial charge in [-0.2, -0.15) is 12.7 Å². The molecule has 21 heavy (non-hydrogen) atoms. The lowest BCUT2D eigenvalue weighted by Gasteiger charge is -2.28. The molecule has 0 aliphatic carbocycles. The summed E-state index contributed by atoms with van der Waals surface area (Å²) in [6.07, 6.45) is 1.79. The number of ether oxygens (including phenoxy) is 1. The Kier molecular flexibility index (Phi) is 8.40. The number of nitrogens with one attached hydrogen (secondary N) is 2. The van der Waals surface area contributed by atoms with Gasteiger partial charge >= 0.3 is 0 Å². The SMILES string of the molecule is COCC1CCCN1S(=O)(=O)NCCN1CCNCC1.Cl. The molecule has 1 atom stereocenters. The van der Waals surface area contributed by atoms with Crippen molar-refractivity contribution < 1.29 is 13.2 Å². The highest BCUT2D eigenvalue weighted by molar-refractivity contribution is 7.87. The molecule has 0 amide bonds. The normalized spacial score (nSPS) is 24.9. The van der Waals surface area contributed by atoms with Gasteiger partial charge in [0.1, 0.15) is 0 Å². The smallest absolute Gasteiger partial charge is 0.279 e. The second-order valence-corrected chi connectivity index (χ2v) is 7.06. The molecule has 126 valence electrons. The van der Waals surface area contributed by atoms with E-state index >= 15 is 0 Å². The molecule has 0 radical (unpaired) electrons. The summed E-state index contributed by atoms with van der Waals surface area (Å²) < 4.78 is 33.9. The van der Waals surface area contributed by atoms with Crippen LogP contribution in [0.2, 0.25) is 0 Å². The van der Waals surface area contributed by atoms with Crippen molar-refractivity contribution in [2.75, 3.05) is 59.5 Å². The highest BCUT2D eigenvalue weighted by atomic mass is 35.5. The van der Waals surface area contributed by atoms with Crippen LogP contribution in [0.1, 0.15) is 12.8 Å². The molecule has 2 rings (SSSR count). The number of hydrogen-bond acceptors (Lipinski definition) is 5. The summed E-state index contributed by atoms with van der Waals surface area (Å²) in [5.41, 5.74) is 0. The summed E-state index contributed by atoms with van der Waals surface area (Å²) in [6.45, 7) is 6.23. The van der Waals surface area contributed by atoms with Gasteiger partial charge in [0.2, 0.25) is 0 Å². The molecule has 1 unspecified atom stereocenters. The van der Waals surface area contributed by atoms with Gasteiger partial charge in [-0.05, 0) is 12.8 Å². The first-order chi connectivity index (χ1) is 9.63. The van der Waals surface area contributed by atoms with Crippen LogP contribution < -0.4 is 10.0 Å². The van der Waals surface area contributed by atoms with E-state index in [4.69, 9.17) is 4.74 Å². The molecule has 2 saturated heterocycles. The van der Waals surface area contributed by atoms with Crippen molar-refractivity contribution in [1.82, 2.24) is 19.2 Å². The molecule has 7 nitrogen and oxygen atoms in total. The summed E-state index contributed by atoms with van der Waals surface area (Å²) in [5.74, 6) is 0. The van der Waals surface area contributed by atoms with Gasteiger partial charge in [0.15, 0.2) is 0 Å². The van der Waals surface area contributed by atoms with E-state index in [1.54, 1.807) is 11.4 Å². The molecule has 2 heterocycles. The van der Waals surface area contributed by atoms with E-state index in [0.29, 0.717) is 19.7 Å². The van der Waals surface area contributed by atoms with E-state index < -0.39 is 10.2 Å². The highest BCUT2D eigenvalue weighted by Gasteiger charge is 2.33. The topological polar surface area (TPSA) is 73.9 Å². The first kappa shape index (κ1) is 19.1. The first-order valence-electron chi connectivity index (χ1n) is 7.32. The fourth-order valence-electron chi connectivity index (χ4n) is 2.83. The Morgan fingerprint density at radius 2 is 2.00 bits per heavy atom. The van der Waals surface area contributed by atoms with E-state index in [9.17, 15) is 8.42 Å². The van der Waals surface area contributed by atoms with Gasteiger partial charge in [-0.25, -0.2) is 4.72 Å². The maximum Gasteiger partial charge on any atom is 0.279 e. The zero-order valence-electron chi connectivity index (χ0n) is 12.6. The molecular weight excluding hydrogens is 316 g/mol. The van der Waals surface area contributed by atoms with E-state index in [1.165, 1.54) is 0 Å². The predicted molar refractivity (Wildman–Crippen MR) is 85.1 cm³/mol. The zero-order chi connectivity index (χ0) is 14.4. The minimum atomic E-state index is -3.37. The number of piperazine rings is 1. The van der Waals surface area contributed by atoms with Crippen LogP contribution in [0.5, 0.6) is 0 Å². The van der Waals surface area contributed by atoms with Crippen molar-refractivity contribution >= 4 is 22.6 Å². The number of methoxy groups -OCH3 is 1. The summed E-state index contributed by atoms with van der Waals surface area (Å²) in [4.78, 5) is 2.27. The Hall–Kier alpha value is 0.0400. The van der Waals surface area contributed by atoms with Crippen LogP contribution in [0.15, 0.2) is 0 Å². The van der Waals surface area contributed by atoms with Crippen LogP contribution in [0.25, 0.3) is 0 Å². The number of halogens is 1. The quantitative estimate of drug-likeness (QED) is 0.637. The Morgan fingerprint density at radius 3 is 2.67 bits per heavy atom. The maximum absolute atomic E-state index is 12.3. The Labute approximate surface area is 134 Å².